The van der Waals surface area contributed by atoms with Crippen LogP contribution in [0.1, 0.15) is 24.0 Å². The first kappa shape index (κ1) is 13.3. The average Bonchev–Trinajstić information content (AvgIpc) is 2.41. The van der Waals surface area contributed by atoms with E-state index >= 15 is 0 Å². The zero-order valence-electron chi connectivity index (χ0n) is 11.1. The quantitative estimate of drug-likeness (QED) is 0.887. The zero-order valence-corrected chi connectivity index (χ0v) is 11.1. The maximum absolute atomic E-state index is 12.2. The minimum absolute atomic E-state index is 0.136. The van der Waals surface area contributed by atoms with E-state index in [4.69, 9.17) is 0 Å². The Labute approximate surface area is 112 Å². The normalized spacial score (nSPS) is 14.6. The molecular weight excluding hydrogens is 242 g/mol. The molecular formula is C14H17N3O2. The summed E-state index contributed by atoms with van der Waals surface area (Å²) < 4.78 is 0. The van der Waals surface area contributed by atoms with E-state index < -0.39 is 0 Å². The van der Waals surface area contributed by atoms with Crippen LogP contribution in [-0.2, 0) is 16.1 Å². The summed E-state index contributed by atoms with van der Waals surface area (Å²) in [6.45, 7) is 2.56. The topological polar surface area (TPSA) is 61.8 Å². The molecule has 0 unspecified atom stereocenters. The number of rotatable bonds is 3. The molecule has 100 valence electrons. The van der Waals surface area contributed by atoms with Crippen LogP contribution in [0, 0.1) is 6.92 Å². The van der Waals surface area contributed by atoms with E-state index in [0.29, 0.717) is 25.1 Å². The number of nitrogens with zero attached hydrogens (tertiary/aromatic N) is 2. The Kier molecular flexibility index (Phi) is 3.94. The summed E-state index contributed by atoms with van der Waals surface area (Å²) in [5, 5.41) is 3.82. The number of hydrogen-bond donors (Lipinski definition) is 1. The van der Waals surface area contributed by atoms with Crippen LogP contribution in [0.2, 0.25) is 0 Å². The second-order valence-electron chi connectivity index (χ2n) is 4.68. The third-order valence-corrected chi connectivity index (χ3v) is 3.17. The predicted molar refractivity (Wildman–Crippen MR) is 72.5 cm³/mol. The van der Waals surface area contributed by atoms with Crippen molar-refractivity contribution in [3.8, 4) is 0 Å². The van der Waals surface area contributed by atoms with Crippen molar-refractivity contribution >= 4 is 17.5 Å². The fourth-order valence-corrected chi connectivity index (χ4v) is 1.96. The molecule has 0 bridgehead atoms. The Morgan fingerprint density at radius 1 is 1.37 bits per heavy atom. The molecule has 0 fully saturated rings. The van der Waals surface area contributed by atoms with E-state index in [2.05, 4.69) is 10.5 Å². The van der Waals surface area contributed by atoms with Crippen molar-refractivity contribution in [2.24, 2.45) is 5.10 Å². The first-order valence-electron chi connectivity index (χ1n) is 6.23. The molecule has 1 aromatic carbocycles. The number of aryl methyl sites for hydroxylation is 1. The Hall–Kier alpha value is -2.17. The van der Waals surface area contributed by atoms with Gasteiger partial charge < -0.3 is 4.90 Å². The van der Waals surface area contributed by atoms with Gasteiger partial charge in [0.15, 0.2) is 0 Å². The lowest BCUT2D eigenvalue weighted by molar-refractivity contribution is -0.124. The highest BCUT2D eigenvalue weighted by Gasteiger charge is 2.21. The van der Waals surface area contributed by atoms with Crippen molar-refractivity contribution in [1.29, 1.82) is 0 Å². The van der Waals surface area contributed by atoms with Crippen LogP contribution in [0.3, 0.4) is 0 Å². The Bertz CT molecular complexity index is 537. The number of benzene rings is 1. The fraction of sp³-hybridized carbons (Fsp3) is 0.357. The number of hydrogen-bond acceptors (Lipinski definition) is 3. The molecule has 5 nitrogen and oxygen atoms in total. The number of amides is 2. The van der Waals surface area contributed by atoms with Gasteiger partial charge in [-0.2, -0.15) is 5.10 Å². The molecule has 1 aromatic rings. The summed E-state index contributed by atoms with van der Waals surface area (Å²) in [7, 11) is 1.74. The maximum atomic E-state index is 12.2. The van der Waals surface area contributed by atoms with Gasteiger partial charge in [-0.25, -0.2) is 5.43 Å². The number of hydrazone groups is 1. The van der Waals surface area contributed by atoms with Gasteiger partial charge in [0.05, 0.1) is 0 Å². The number of carbonyl (C=O) groups is 2. The molecule has 1 aliphatic rings. The highest BCUT2D eigenvalue weighted by atomic mass is 16.2. The Morgan fingerprint density at radius 2 is 2.11 bits per heavy atom. The first-order valence-corrected chi connectivity index (χ1v) is 6.23. The van der Waals surface area contributed by atoms with Crippen molar-refractivity contribution in [3.05, 3.63) is 35.4 Å². The molecule has 5 heteroatoms. The molecule has 0 saturated carbocycles. The molecule has 1 aliphatic heterocycles. The molecule has 0 radical (unpaired) electrons. The summed E-state index contributed by atoms with van der Waals surface area (Å²) in [6.07, 6.45) is 0.728. The Morgan fingerprint density at radius 3 is 2.74 bits per heavy atom. The number of nitrogens with one attached hydrogen (secondary N) is 1. The summed E-state index contributed by atoms with van der Waals surface area (Å²) >= 11 is 0. The lowest BCUT2D eigenvalue weighted by Crippen LogP contribution is -2.37. The van der Waals surface area contributed by atoms with Crippen LogP contribution < -0.4 is 5.43 Å². The van der Waals surface area contributed by atoms with Gasteiger partial charge in [-0.1, -0.05) is 24.3 Å². The standard InChI is InChI=1S/C14H17N3O2/c1-10-5-3-4-6-11(10)9-17(2)14(19)12-7-8-13(18)16-15-12/h3-6H,7-9H2,1-2H3,(H,16,18). The van der Waals surface area contributed by atoms with E-state index in [1.165, 1.54) is 0 Å². The van der Waals surface area contributed by atoms with Crippen LogP contribution in [0.25, 0.3) is 0 Å². The molecule has 0 spiro atoms. The predicted octanol–water partition coefficient (Wildman–Crippen LogP) is 1.22. The monoisotopic (exact) mass is 259 g/mol. The maximum Gasteiger partial charge on any atom is 0.270 e. The largest absolute Gasteiger partial charge is 0.336 e. The molecule has 19 heavy (non-hydrogen) atoms. The van der Waals surface area contributed by atoms with E-state index in [0.717, 1.165) is 11.1 Å². The Balaban J connectivity index is 2.04. The van der Waals surface area contributed by atoms with Gasteiger partial charge in [-0.3, -0.25) is 9.59 Å². The molecule has 0 aromatic heterocycles. The smallest absolute Gasteiger partial charge is 0.270 e. The molecule has 0 aliphatic carbocycles. The van der Waals surface area contributed by atoms with E-state index in [1.807, 2.05) is 31.2 Å². The second kappa shape index (κ2) is 5.65. The molecule has 1 N–H and O–H groups in total. The van der Waals surface area contributed by atoms with Gasteiger partial charge in [-0.15, -0.1) is 0 Å². The van der Waals surface area contributed by atoms with Crippen LogP contribution >= 0.6 is 0 Å². The zero-order chi connectivity index (χ0) is 13.8. The molecule has 2 amide bonds. The summed E-state index contributed by atoms with van der Waals surface area (Å²) in [5.41, 5.74) is 5.02. The highest BCUT2D eigenvalue weighted by molar-refractivity contribution is 6.39. The van der Waals surface area contributed by atoms with Gasteiger partial charge in [0.2, 0.25) is 5.91 Å². The van der Waals surface area contributed by atoms with Crippen LogP contribution in [-0.4, -0.2) is 29.5 Å². The summed E-state index contributed by atoms with van der Waals surface area (Å²) in [6, 6.07) is 7.95. The summed E-state index contributed by atoms with van der Waals surface area (Å²) in [4.78, 5) is 24.8. The highest BCUT2D eigenvalue weighted by Crippen LogP contribution is 2.11. The van der Waals surface area contributed by atoms with E-state index in [1.54, 1.807) is 11.9 Å². The van der Waals surface area contributed by atoms with Crippen molar-refractivity contribution in [3.63, 3.8) is 0 Å². The van der Waals surface area contributed by atoms with Gasteiger partial charge in [-0.05, 0) is 18.1 Å². The third-order valence-electron chi connectivity index (χ3n) is 3.17. The van der Waals surface area contributed by atoms with Gasteiger partial charge in [0.1, 0.15) is 5.71 Å². The van der Waals surface area contributed by atoms with Crippen molar-refractivity contribution in [2.75, 3.05) is 7.05 Å². The van der Waals surface area contributed by atoms with E-state index in [9.17, 15) is 9.59 Å². The van der Waals surface area contributed by atoms with Gasteiger partial charge in [0, 0.05) is 26.4 Å². The summed E-state index contributed by atoms with van der Waals surface area (Å²) in [5.74, 6) is -0.277. The van der Waals surface area contributed by atoms with Crippen molar-refractivity contribution in [1.82, 2.24) is 10.3 Å². The first-order chi connectivity index (χ1) is 9.08. The van der Waals surface area contributed by atoms with Gasteiger partial charge >= 0.3 is 0 Å². The van der Waals surface area contributed by atoms with Crippen LogP contribution in [0.4, 0.5) is 0 Å². The fourth-order valence-electron chi connectivity index (χ4n) is 1.96. The average molecular weight is 259 g/mol. The van der Waals surface area contributed by atoms with Crippen molar-refractivity contribution < 1.29 is 9.59 Å². The SMILES string of the molecule is Cc1ccccc1CN(C)C(=O)C1=NNC(=O)CC1. The minimum atomic E-state index is -0.141. The lowest BCUT2D eigenvalue weighted by atomic mass is 10.1. The molecule has 2 rings (SSSR count). The third kappa shape index (κ3) is 3.19. The second-order valence-corrected chi connectivity index (χ2v) is 4.68. The lowest BCUT2D eigenvalue weighted by Gasteiger charge is -2.20. The molecule has 1 heterocycles. The molecule has 0 atom stereocenters. The molecule has 0 saturated heterocycles. The number of carbonyl (C=O) groups excluding carboxylic acids is 2. The van der Waals surface area contributed by atoms with Crippen molar-refractivity contribution in [2.45, 2.75) is 26.3 Å². The minimum Gasteiger partial charge on any atom is -0.336 e. The van der Waals surface area contributed by atoms with E-state index in [-0.39, 0.29) is 11.8 Å². The van der Waals surface area contributed by atoms with Crippen LogP contribution in [0.15, 0.2) is 29.4 Å². The van der Waals surface area contributed by atoms with Gasteiger partial charge in [0.25, 0.3) is 5.91 Å². The van der Waals surface area contributed by atoms with Crippen LogP contribution in [0.5, 0.6) is 0 Å².